The van der Waals surface area contributed by atoms with Crippen LogP contribution >= 0.6 is 0 Å². The van der Waals surface area contributed by atoms with Crippen molar-refractivity contribution >= 4 is 11.9 Å². The molecule has 0 aromatic carbocycles. The predicted octanol–water partition coefficient (Wildman–Crippen LogP) is 2.37. The largest absolute Gasteiger partial charge is 0.421 e. The van der Waals surface area contributed by atoms with Crippen molar-refractivity contribution < 1.29 is 19.1 Å². The van der Waals surface area contributed by atoms with Crippen molar-refractivity contribution in [3.05, 3.63) is 29.6 Å². The minimum atomic E-state index is -0.912. The first kappa shape index (κ1) is 12.5. The second-order valence-electron chi connectivity index (χ2n) is 4.15. The Morgan fingerprint density at radius 1 is 1.50 bits per heavy atom. The number of carbonyl (C=O) groups is 2. The lowest BCUT2D eigenvalue weighted by Gasteiger charge is -2.11. The first-order chi connectivity index (χ1) is 8.72. The second kappa shape index (κ2) is 5.62. The highest BCUT2D eigenvalue weighted by Gasteiger charge is 2.33. The van der Waals surface area contributed by atoms with Gasteiger partial charge in [0.15, 0.2) is 0 Å². The van der Waals surface area contributed by atoms with E-state index in [0.29, 0.717) is 17.5 Å². The van der Waals surface area contributed by atoms with Crippen LogP contribution in [0.1, 0.15) is 54.8 Å². The molecular weight excluding hydrogens is 234 g/mol. The molecule has 0 N–H and O–H groups in total. The molecule has 1 aliphatic rings. The van der Waals surface area contributed by atoms with Crippen LogP contribution in [-0.2, 0) is 14.3 Å². The van der Waals surface area contributed by atoms with E-state index < -0.39 is 12.3 Å². The quantitative estimate of drug-likeness (QED) is 0.592. The van der Waals surface area contributed by atoms with Crippen LogP contribution in [-0.4, -0.2) is 16.9 Å². The molecule has 1 aromatic rings. The molecule has 0 bridgehead atoms. The Labute approximate surface area is 105 Å². The first-order valence-electron chi connectivity index (χ1n) is 6.06. The Balaban J connectivity index is 1.96. The summed E-state index contributed by atoms with van der Waals surface area (Å²) in [5, 5.41) is 0. The highest BCUT2D eigenvalue weighted by molar-refractivity contribution is 5.93. The molecule has 18 heavy (non-hydrogen) atoms. The third-order valence-electron chi connectivity index (χ3n) is 2.77. The van der Waals surface area contributed by atoms with Gasteiger partial charge >= 0.3 is 11.9 Å². The van der Waals surface area contributed by atoms with Gasteiger partial charge in [-0.05, 0) is 12.5 Å². The van der Waals surface area contributed by atoms with Crippen LogP contribution in [0.4, 0.5) is 0 Å². The number of ether oxygens (including phenoxy) is 2. The van der Waals surface area contributed by atoms with E-state index in [2.05, 4.69) is 11.9 Å². The average molecular weight is 249 g/mol. The van der Waals surface area contributed by atoms with Crippen LogP contribution in [0.2, 0.25) is 0 Å². The van der Waals surface area contributed by atoms with E-state index in [9.17, 15) is 9.59 Å². The predicted molar refractivity (Wildman–Crippen MR) is 62.6 cm³/mol. The van der Waals surface area contributed by atoms with Crippen molar-refractivity contribution in [2.75, 3.05) is 0 Å². The molecule has 2 heterocycles. The molecule has 1 aliphatic heterocycles. The van der Waals surface area contributed by atoms with Crippen LogP contribution in [0, 0.1) is 0 Å². The molecule has 0 aliphatic carbocycles. The molecule has 96 valence electrons. The van der Waals surface area contributed by atoms with Crippen molar-refractivity contribution in [1.82, 2.24) is 4.98 Å². The molecule has 1 aromatic heterocycles. The first-order valence-corrected chi connectivity index (χ1v) is 6.06. The fourth-order valence-electron chi connectivity index (χ4n) is 1.79. The van der Waals surface area contributed by atoms with Gasteiger partial charge in [0.05, 0.1) is 11.1 Å². The fraction of sp³-hybridized carbons (Fsp3) is 0.462. The van der Waals surface area contributed by atoms with Crippen LogP contribution in [0.25, 0.3) is 0 Å². The number of unbranched alkanes of at least 4 members (excludes halogenated alkanes) is 2. The second-order valence-corrected chi connectivity index (χ2v) is 4.15. The highest BCUT2D eigenvalue weighted by atomic mass is 16.7. The van der Waals surface area contributed by atoms with Gasteiger partial charge in [0.1, 0.15) is 0 Å². The SMILES string of the molecule is CCCCCC(=O)OC1OC(=O)c2cnccc21. The Morgan fingerprint density at radius 2 is 2.33 bits per heavy atom. The monoisotopic (exact) mass is 249 g/mol. The number of esters is 2. The summed E-state index contributed by atoms with van der Waals surface area (Å²) in [6, 6.07) is 1.63. The van der Waals surface area contributed by atoms with E-state index in [4.69, 9.17) is 9.47 Å². The van der Waals surface area contributed by atoms with Gasteiger partial charge < -0.3 is 9.47 Å². The summed E-state index contributed by atoms with van der Waals surface area (Å²) < 4.78 is 10.1. The summed E-state index contributed by atoms with van der Waals surface area (Å²) in [6.45, 7) is 2.06. The Kier molecular flexibility index (Phi) is 3.92. The molecule has 0 spiro atoms. The molecule has 0 saturated carbocycles. The number of aromatic nitrogens is 1. The number of fused-ring (bicyclic) bond motifs is 1. The van der Waals surface area contributed by atoms with E-state index in [-0.39, 0.29) is 5.97 Å². The average Bonchev–Trinajstić information content (AvgIpc) is 2.67. The van der Waals surface area contributed by atoms with Crippen LogP contribution < -0.4 is 0 Å². The topological polar surface area (TPSA) is 65.5 Å². The number of rotatable bonds is 5. The van der Waals surface area contributed by atoms with Gasteiger partial charge in [-0.25, -0.2) is 4.79 Å². The zero-order chi connectivity index (χ0) is 13.0. The molecule has 1 unspecified atom stereocenters. The van der Waals surface area contributed by atoms with Gasteiger partial charge in [-0.3, -0.25) is 9.78 Å². The molecule has 5 heteroatoms. The van der Waals surface area contributed by atoms with Gasteiger partial charge in [0.25, 0.3) is 6.29 Å². The van der Waals surface area contributed by atoms with E-state index in [0.717, 1.165) is 19.3 Å². The smallest absolute Gasteiger partial charge is 0.343 e. The third kappa shape index (κ3) is 2.67. The highest BCUT2D eigenvalue weighted by Crippen LogP contribution is 2.30. The third-order valence-corrected chi connectivity index (χ3v) is 2.77. The molecule has 0 saturated heterocycles. The lowest BCUT2D eigenvalue weighted by atomic mass is 10.2. The Hall–Kier alpha value is -1.91. The van der Waals surface area contributed by atoms with Gasteiger partial charge in [-0.15, -0.1) is 0 Å². The standard InChI is InChI=1S/C13H15NO4/c1-2-3-4-5-11(15)17-13-9-6-7-14-8-10(9)12(16)18-13/h6-8,13H,2-5H2,1H3. The summed E-state index contributed by atoms with van der Waals surface area (Å²) in [7, 11) is 0. The van der Waals surface area contributed by atoms with E-state index in [1.165, 1.54) is 6.20 Å². The lowest BCUT2D eigenvalue weighted by molar-refractivity contribution is -0.167. The maximum atomic E-state index is 11.6. The molecular formula is C13H15NO4. The Morgan fingerprint density at radius 3 is 3.11 bits per heavy atom. The molecule has 0 radical (unpaired) electrons. The fourth-order valence-corrected chi connectivity index (χ4v) is 1.79. The molecule has 2 rings (SSSR count). The number of hydrogen-bond donors (Lipinski definition) is 0. The van der Waals surface area contributed by atoms with Crippen LogP contribution in [0.15, 0.2) is 18.5 Å². The number of hydrogen-bond acceptors (Lipinski definition) is 5. The van der Waals surface area contributed by atoms with Crippen molar-refractivity contribution in [3.63, 3.8) is 0 Å². The molecule has 1 atom stereocenters. The van der Waals surface area contributed by atoms with E-state index >= 15 is 0 Å². The zero-order valence-corrected chi connectivity index (χ0v) is 10.2. The maximum absolute atomic E-state index is 11.6. The molecule has 0 amide bonds. The van der Waals surface area contributed by atoms with Crippen molar-refractivity contribution in [3.8, 4) is 0 Å². The lowest BCUT2D eigenvalue weighted by Crippen LogP contribution is -2.11. The summed E-state index contributed by atoms with van der Waals surface area (Å²) in [5.74, 6) is -0.838. The summed E-state index contributed by atoms with van der Waals surface area (Å²) in [5.41, 5.74) is 0.933. The normalized spacial score (nSPS) is 17.2. The van der Waals surface area contributed by atoms with Crippen molar-refractivity contribution in [2.24, 2.45) is 0 Å². The van der Waals surface area contributed by atoms with Gasteiger partial charge in [0.2, 0.25) is 0 Å². The molecule has 0 fully saturated rings. The zero-order valence-electron chi connectivity index (χ0n) is 10.2. The van der Waals surface area contributed by atoms with Crippen molar-refractivity contribution in [1.29, 1.82) is 0 Å². The number of cyclic esters (lactones) is 1. The van der Waals surface area contributed by atoms with Gasteiger partial charge in [0, 0.05) is 18.8 Å². The van der Waals surface area contributed by atoms with Crippen molar-refractivity contribution in [2.45, 2.75) is 38.9 Å². The number of carbonyl (C=O) groups excluding carboxylic acids is 2. The Bertz CT molecular complexity index is 458. The van der Waals surface area contributed by atoms with Gasteiger partial charge in [-0.2, -0.15) is 0 Å². The minimum Gasteiger partial charge on any atom is -0.421 e. The summed E-state index contributed by atoms with van der Waals surface area (Å²) >= 11 is 0. The van der Waals surface area contributed by atoms with Crippen LogP contribution in [0.5, 0.6) is 0 Å². The minimum absolute atomic E-state index is 0.342. The maximum Gasteiger partial charge on any atom is 0.343 e. The summed E-state index contributed by atoms with van der Waals surface area (Å²) in [4.78, 5) is 26.9. The summed E-state index contributed by atoms with van der Waals surface area (Å²) in [6.07, 6.45) is 5.22. The van der Waals surface area contributed by atoms with Gasteiger partial charge in [-0.1, -0.05) is 19.8 Å². The molecule has 5 nitrogen and oxygen atoms in total. The number of pyridine rings is 1. The van der Waals surface area contributed by atoms with Crippen LogP contribution in [0.3, 0.4) is 0 Å². The number of nitrogens with zero attached hydrogens (tertiary/aromatic N) is 1. The van der Waals surface area contributed by atoms with E-state index in [1.807, 2.05) is 0 Å². The van der Waals surface area contributed by atoms with E-state index in [1.54, 1.807) is 12.3 Å².